The molecule has 2 aliphatic carbocycles. The Kier molecular flexibility index (Phi) is 3.50. The van der Waals surface area contributed by atoms with Gasteiger partial charge < -0.3 is 10.6 Å². The zero-order valence-electron chi connectivity index (χ0n) is 11.2. The van der Waals surface area contributed by atoms with Gasteiger partial charge in [-0.2, -0.15) is 0 Å². The molecule has 3 rings (SSSR count). The predicted octanol–water partition coefficient (Wildman–Crippen LogP) is 2.86. The molecule has 0 radical (unpaired) electrons. The number of anilines is 1. The minimum absolute atomic E-state index is 0.679. The van der Waals surface area contributed by atoms with Crippen LogP contribution in [0, 0.1) is 0 Å². The van der Waals surface area contributed by atoms with Crippen LogP contribution in [0.1, 0.15) is 50.3 Å². The quantitative estimate of drug-likeness (QED) is 0.775. The van der Waals surface area contributed by atoms with Gasteiger partial charge >= 0.3 is 0 Å². The van der Waals surface area contributed by atoms with Crippen molar-refractivity contribution in [1.82, 2.24) is 10.3 Å². The molecule has 2 fully saturated rings. The minimum Gasteiger partial charge on any atom is -0.367 e. The molecule has 98 valence electrons. The van der Waals surface area contributed by atoms with Gasteiger partial charge in [0.25, 0.3) is 0 Å². The Hall–Kier alpha value is -1.09. The van der Waals surface area contributed by atoms with Crippen LogP contribution in [-0.4, -0.2) is 17.1 Å². The maximum atomic E-state index is 4.71. The van der Waals surface area contributed by atoms with E-state index in [2.05, 4.69) is 29.7 Å². The second-order valence-corrected chi connectivity index (χ2v) is 5.68. The highest BCUT2D eigenvalue weighted by Gasteiger charge is 2.22. The SMILES string of the molecule is CCCc1cc(CNC2CC2)cc(NC2CC2)n1. The molecule has 1 aromatic heterocycles. The molecular formula is C15H23N3. The first-order valence-electron chi connectivity index (χ1n) is 7.33. The van der Waals surface area contributed by atoms with E-state index < -0.39 is 0 Å². The molecule has 18 heavy (non-hydrogen) atoms. The standard InChI is InChI=1S/C15H23N3/c1-2-3-14-8-11(10-16-12-4-5-12)9-15(18-14)17-13-6-7-13/h8-9,12-13,16H,2-7,10H2,1H3,(H,17,18). The van der Waals surface area contributed by atoms with E-state index in [0.29, 0.717) is 6.04 Å². The summed E-state index contributed by atoms with van der Waals surface area (Å²) in [6, 6.07) is 5.93. The van der Waals surface area contributed by atoms with E-state index in [-0.39, 0.29) is 0 Å². The summed E-state index contributed by atoms with van der Waals surface area (Å²) in [6.07, 6.45) is 7.54. The first-order chi connectivity index (χ1) is 8.83. The van der Waals surface area contributed by atoms with Crippen LogP contribution >= 0.6 is 0 Å². The van der Waals surface area contributed by atoms with Crippen LogP contribution in [0.3, 0.4) is 0 Å². The Morgan fingerprint density at radius 1 is 1.17 bits per heavy atom. The highest BCUT2D eigenvalue weighted by molar-refractivity contribution is 5.41. The van der Waals surface area contributed by atoms with Gasteiger partial charge in [0.1, 0.15) is 5.82 Å². The molecular weight excluding hydrogens is 222 g/mol. The number of pyridine rings is 1. The van der Waals surface area contributed by atoms with Crippen molar-refractivity contribution in [3.8, 4) is 0 Å². The van der Waals surface area contributed by atoms with E-state index in [9.17, 15) is 0 Å². The van der Waals surface area contributed by atoms with Gasteiger partial charge in [-0.3, -0.25) is 0 Å². The second-order valence-electron chi connectivity index (χ2n) is 5.68. The van der Waals surface area contributed by atoms with Crippen molar-refractivity contribution in [3.63, 3.8) is 0 Å². The first-order valence-corrected chi connectivity index (χ1v) is 7.33. The lowest BCUT2D eigenvalue weighted by Crippen LogP contribution is -2.16. The van der Waals surface area contributed by atoms with Gasteiger partial charge in [0, 0.05) is 24.3 Å². The molecule has 0 spiro atoms. The largest absolute Gasteiger partial charge is 0.367 e. The van der Waals surface area contributed by atoms with Gasteiger partial charge in [0.2, 0.25) is 0 Å². The third kappa shape index (κ3) is 3.45. The summed E-state index contributed by atoms with van der Waals surface area (Å²) in [5, 5.41) is 7.10. The monoisotopic (exact) mass is 245 g/mol. The molecule has 2 saturated carbocycles. The van der Waals surface area contributed by atoms with E-state index in [1.165, 1.54) is 36.9 Å². The summed E-state index contributed by atoms with van der Waals surface area (Å²) in [4.78, 5) is 4.71. The van der Waals surface area contributed by atoms with E-state index in [0.717, 1.165) is 31.2 Å². The fraction of sp³-hybridized carbons (Fsp3) is 0.667. The summed E-state index contributed by atoms with van der Waals surface area (Å²) in [6.45, 7) is 3.20. The fourth-order valence-electron chi connectivity index (χ4n) is 2.20. The number of nitrogens with one attached hydrogen (secondary N) is 2. The zero-order chi connectivity index (χ0) is 12.4. The highest BCUT2D eigenvalue weighted by Crippen LogP contribution is 2.25. The van der Waals surface area contributed by atoms with Crippen molar-refractivity contribution in [1.29, 1.82) is 0 Å². The molecule has 1 heterocycles. The average Bonchev–Trinajstić information content (AvgIpc) is 3.22. The summed E-state index contributed by atoms with van der Waals surface area (Å²) >= 11 is 0. The van der Waals surface area contributed by atoms with Crippen LogP contribution in [-0.2, 0) is 13.0 Å². The lowest BCUT2D eigenvalue weighted by atomic mass is 10.1. The Balaban J connectivity index is 1.69. The number of hydrogen-bond donors (Lipinski definition) is 2. The minimum atomic E-state index is 0.679. The van der Waals surface area contributed by atoms with Crippen LogP contribution in [0.15, 0.2) is 12.1 Å². The molecule has 3 nitrogen and oxygen atoms in total. The van der Waals surface area contributed by atoms with Crippen molar-refractivity contribution in [2.24, 2.45) is 0 Å². The summed E-state index contributed by atoms with van der Waals surface area (Å²) in [5.74, 6) is 1.08. The number of aromatic nitrogens is 1. The average molecular weight is 245 g/mol. The lowest BCUT2D eigenvalue weighted by Gasteiger charge is -2.10. The molecule has 2 aliphatic rings. The van der Waals surface area contributed by atoms with Gasteiger partial charge in [-0.25, -0.2) is 4.98 Å². The number of aryl methyl sites for hydroxylation is 1. The lowest BCUT2D eigenvalue weighted by molar-refractivity contribution is 0.685. The van der Waals surface area contributed by atoms with Crippen LogP contribution in [0.2, 0.25) is 0 Å². The molecule has 0 bridgehead atoms. The normalized spacial score (nSPS) is 18.9. The maximum absolute atomic E-state index is 4.71. The fourth-order valence-corrected chi connectivity index (χ4v) is 2.20. The third-order valence-corrected chi connectivity index (χ3v) is 3.55. The summed E-state index contributed by atoms with van der Waals surface area (Å²) < 4.78 is 0. The van der Waals surface area contributed by atoms with Gasteiger partial charge in [-0.15, -0.1) is 0 Å². The first kappa shape index (κ1) is 12.0. The third-order valence-electron chi connectivity index (χ3n) is 3.55. The van der Waals surface area contributed by atoms with Crippen molar-refractivity contribution >= 4 is 5.82 Å². The van der Waals surface area contributed by atoms with Crippen molar-refractivity contribution < 1.29 is 0 Å². The molecule has 0 saturated heterocycles. The Morgan fingerprint density at radius 3 is 2.61 bits per heavy atom. The van der Waals surface area contributed by atoms with Crippen LogP contribution < -0.4 is 10.6 Å². The zero-order valence-corrected chi connectivity index (χ0v) is 11.2. The van der Waals surface area contributed by atoms with E-state index in [4.69, 9.17) is 4.98 Å². The van der Waals surface area contributed by atoms with Crippen LogP contribution in [0.4, 0.5) is 5.82 Å². The Labute approximate surface area is 109 Å². The maximum Gasteiger partial charge on any atom is 0.126 e. The number of nitrogens with zero attached hydrogens (tertiary/aromatic N) is 1. The molecule has 1 aromatic rings. The van der Waals surface area contributed by atoms with Crippen LogP contribution in [0.25, 0.3) is 0 Å². The number of rotatable bonds is 7. The van der Waals surface area contributed by atoms with Gasteiger partial charge in [-0.1, -0.05) is 13.3 Å². The molecule has 0 amide bonds. The predicted molar refractivity (Wildman–Crippen MR) is 74.7 cm³/mol. The van der Waals surface area contributed by atoms with Crippen molar-refractivity contribution in [3.05, 3.63) is 23.4 Å². The van der Waals surface area contributed by atoms with E-state index >= 15 is 0 Å². The summed E-state index contributed by atoms with van der Waals surface area (Å²) in [7, 11) is 0. The Bertz CT molecular complexity index is 408. The summed E-state index contributed by atoms with van der Waals surface area (Å²) in [5.41, 5.74) is 2.61. The smallest absolute Gasteiger partial charge is 0.126 e. The van der Waals surface area contributed by atoms with Gasteiger partial charge in [0.05, 0.1) is 0 Å². The van der Waals surface area contributed by atoms with Crippen LogP contribution in [0.5, 0.6) is 0 Å². The van der Waals surface area contributed by atoms with E-state index in [1.54, 1.807) is 0 Å². The van der Waals surface area contributed by atoms with Crippen molar-refractivity contribution in [2.75, 3.05) is 5.32 Å². The molecule has 0 aromatic carbocycles. The molecule has 0 atom stereocenters. The molecule has 2 N–H and O–H groups in total. The molecule has 0 aliphatic heterocycles. The number of hydrogen-bond acceptors (Lipinski definition) is 3. The van der Waals surface area contributed by atoms with E-state index in [1.807, 2.05) is 0 Å². The highest BCUT2D eigenvalue weighted by atomic mass is 15.0. The van der Waals surface area contributed by atoms with Crippen molar-refractivity contribution in [2.45, 2.75) is 64.1 Å². The van der Waals surface area contributed by atoms with Gasteiger partial charge in [-0.05, 0) is 49.8 Å². The van der Waals surface area contributed by atoms with Gasteiger partial charge in [0.15, 0.2) is 0 Å². The second kappa shape index (κ2) is 5.27. The molecule has 0 unspecified atom stereocenters. The Morgan fingerprint density at radius 2 is 1.94 bits per heavy atom. The molecule has 3 heteroatoms. The topological polar surface area (TPSA) is 37.0 Å².